The van der Waals surface area contributed by atoms with Crippen molar-refractivity contribution in [1.29, 1.82) is 0 Å². The standard InChI is InChI=1S/C11H17N3O2/c1-7-5-14(8(2)4-12-7)11(15)10-9(3)13-6-16-10/h6-8,12H,4-5H2,1-3H3. The first-order valence-corrected chi connectivity index (χ1v) is 5.54. The fourth-order valence-corrected chi connectivity index (χ4v) is 1.94. The van der Waals surface area contributed by atoms with E-state index in [1.165, 1.54) is 6.39 Å². The molecule has 5 nitrogen and oxygen atoms in total. The maximum Gasteiger partial charge on any atom is 0.291 e. The van der Waals surface area contributed by atoms with Crippen molar-refractivity contribution in [1.82, 2.24) is 15.2 Å². The predicted molar refractivity (Wildman–Crippen MR) is 59.2 cm³/mol. The topological polar surface area (TPSA) is 58.4 Å². The van der Waals surface area contributed by atoms with Gasteiger partial charge < -0.3 is 14.6 Å². The second-order valence-corrected chi connectivity index (χ2v) is 4.38. The highest BCUT2D eigenvalue weighted by Gasteiger charge is 2.29. The lowest BCUT2D eigenvalue weighted by molar-refractivity contribution is 0.0583. The van der Waals surface area contributed by atoms with E-state index >= 15 is 0 Å². The Labute approximate surface area is 94.8 Å². The molecule has 2 rings (SSSR count). The van der Waals surface area contributed by atoms with Crippen LogP contribution in [-0.4, -0.2) is 41.0 Å². The second-order valence-electron chi connectivity index (χ2n) is 4.38. The molecule has 0 saturated carbocycles. The monoisotopic (exact) mass is 223 g/mol. The molecule has 0 aromatic carbocycles. The Bertz CT molecular complexity index is 388. The van der Waals surface area contributed by atoms with E-state index in [4.69, 9.17) is 4.42 Å². The van der Waals surface area contributed by atoms with Gasteiger partial charge in [0.2, 0.25) is 5.76 Å². The van der Waals surface area contributed by atoms with Crippen LogP contribution in [-0.2, 0) is 0 Å². The zero-order valence-corrected chi connectivity index (χ0v) is 9.86. The maximum atomic E-state index is 12.2. The van der Waals surface area contributed by atoms with Crippen LogP contribution in [0.3, 0.4) is 0 Å². The Morgan fingerprint density at radius 2 is 2.38 bits per heavy atom. The van der Waals surface area contributed by atoms with E-state index in [0.717, 1.165) is 6.54 Å². The number of aryl methyl sites for hydroxylation is 1. The van der Waals surface area contributed by atoms with Crippen LogP contribution in [0.1, 0.15) is 30.1 Å². The predicted octanol–water partition coefficient (Wildman–Crippen LogP) is 0.805. The number of oxazole rings is 1. The van der Waals surface area contributed by atoms with Gasteiger partial charge in [0, 0.05) is 25.2 Å². The Balaban J connectivity index is 2.18. The third kappa shape index (κ3) is 1.95. The third-order valence-corrected chi connectivity index (χ3v) is 2.96. The summed E-state index contributed by atoms with van der Waals surface area (Å²) < 4.78 is 5.14. The molecule has 0 radical (unpaired) electrons. The SMILES string of the molecule is Cc1ncoc1C(=O)N1CC(C)NCC1C. The summed E-state index contributed by atoms with van der Waals surface area (Å²) in [6.45, 7) is 7.41. The van der Waals surface area contributed by atoms with E-state index in [1.54, 1.807) is 6.92 Å². The highest BCUT2D eigenvalue weighted by atomic mass is 16.3. The lowest BCUT2D eigenvalue weighted by Crippen LogP contribution is -2.56. The third-order valence-electron chi connectivity index (χ3n) is 2.96. The molecule has 1 aliphatic rings. The summed E-state index contributed by atoms with van der Waals surface area (Å²) in [5.74, 6) is 0.303. The molecule has 1 aromatic heterocycles. The Morgan fingerprint density at radius 3 is 3.00 bits per heavy atom. The molecule has 2 atom stereocenters. The van der Waals surface area contributed by atoms with Crippen molar-refractivity contribution < 1.29 is 9.21 Å². The number of amides is 1. The number of piperazine rings is 1. The number of nitrogens with zero attached hydrogens (tertiary/aromatic N) is 2. The van der Waals surface area contributed by atoms with E-state index in [1.807, 2.05) is 11.8 Å². The highest BCUT2D eigenvalue weighted by molar-refractivity contribution is 5.92. The Kier molecular flexibility index (Phi) is 2.96. The van der Waals surface area contributed by atoms with Crippen molar-refractivity contribution in [2.24, 2.45) is 0 Å². The average Bonchev–Trinajstić information content (AvgIpc) is 2.67. The first-order chi connectivity index (χ1) is 7.59. The molecular weight excluding hydrogens is 206 g/mol. The van der Waals surface area contributed by atoms with Crippen LogP contribution in [0.5, 0.6) is 0 Å². The maximum absolute atomic E-state index is 12.2. The number of hydrogen-bond donors (Lipinski definition) is 1. The van der Waals surface area contributed by atoms with Crippen molar-refractivity contribution in [3.05, 3.63) is 17.8 Å². The minimum atomic E-state index is -0.0594. The summed E-state index contributed by atoms with van der Waals surface area (Å²) in [4.78, 5) is 18.0. The molecule has 16 heavy (non-hydrogen) atoms. The molecule has 2 unspecified atom stereocenters. The Morgan fingerprint density at radius 1 is 1.62 bits per heavy atom. The van der Waals surface area contributed by atoms with Crippen LogP contribution in [0, 0.1) is 6.92 Å². The van der Waals surface area contributed by atoms with E-state index in [-0.39, 0.29) is 11.9 Å². The van der Waals surface area contributed by atoms with Gasteiger partial charge in [0.15, 0.2) is 6.39 Å². The first kappa shape index (κ1) is 11.1. The van der Waals surface area contributed by atoms with Crippen molar-refractivity contribution in [2.45, 2.75) is 32.9 Å². The molecule has 1 N–H and O–H groups in total. The van der Waals surface area contributed by atoms with E-state index in [2.05, 4.69) is 17.2 Å². The highest BCUT2D eigenvalue weighted by Crippen LogP contribution is 2.14. The summed E-state index contributed by atoms with van der Waals surface area (Å²) in [7, 11) is 0. The fraction of sp³-hybridized carbons (Fsp3) is 0.636. The number of nitrogens with one attached hydrogen (secondary N) is 1. The molecule has 0 spiro atoms. The second kappa shape index (κ2) is 4.25. The van der Waals surface area contributed by atoms with Crippen molar-refractivity contribution in [2.75, 3.05) is 13.1 Å². The molecule has 1 saturated heterocycles. The van der Waals surface area contributed by atoms with Gasteiger partial charge >= 0.3 is 0 Å². The van der Waals surface area contributed by atoms with Gasteiger partial charge in [-0.3, -0.25) is 4.79 Å². The van der Waals surface area contributed by atoms with Crippen molar-refractivity contribution in [3.8, 4) is 0 Å². The number of carbonyl (C=O) groups excluding carboxylic acids is 1. The van der Waals surface area contributed by atoms with E-state index in [9.17, 15) is 4.79 Å². The summed E-state index contributed by atoms with van der Waals surface area (Å²) >= 11 is 0. The lowest BCUT2D eigenvalue weighted by atomic mass is 10.1. The molecule has 5 heteroatoms. The Hall–Kier alpha value is -1.36. The first-order valence-electron chi connectivity index (χ1n) is 5.54. The van der Waals surface area contributed by atoms with Gasteiger partial charge in [-0.2, -0.15) is 0 Å². The van der Waals surface area contributed by atoms with Gasteiger partial charge in [-0.25, -0.2) is 4.98 Å². The van der Waals surface area contributed by atoms with Crippen molar-refractivity contribution >= 4 is 5.91 Å². The molecule has 0 bridgehead atoms. The van der Waals surface area contributed by atoms with E-state index in [0.29, 0.717) is 24.0 Å². The zero-order chi connectivity index (χ0) is 11.7. The van der Waals surface area contributed by atoms with Gasteiger partial charge in [0.25, 0.3) is 5.91 Å². The zero-order valence-electron chi connectivity index (χ0n) is 9.86. The van der Waals surface area contributed by atoms with Gasteiger partial charge in [0.05, 0.1) is 5.69 Å². The molecule has 1 amide bonds. The normalized spacial score (nSPS) is 25.8. The van der Waals surface area contributed by atoms with Crippen LogP contribution in [0.15, 0.2) is 10.8 Å². The van der Waals surface area contributed by atoms with Crippen LogP contribution in [0.4, 0.5) is 0 Å². The quantitative estimate of drug-likeness (QED) is 0.765. The molecule has 0 aliphatic carbocycles. The van der Waals surface area contributed by atoms with Gasteiger partial charge in [-0.05, 0) is 20.8 Å². The largest absolute Gasteiger partial charge is 0.438 e. The summed E-state index contributed by atoms with van der Waals surface area (Å²) in [5.41, 5.74) is 0.656. The molecule has 1 aromatic rings. The fourth-order valence-electron chi connectivity index (χ4n) is 1.94. The van der Waals surface area contributed by atoms with Gasteiger partial charge in [-0.1, -0.05) is 0 Å². The molecule has 1 aliphatic heterocycles. The number of carbonyl (C=O) groups is 1. The van der Waals surface area contributed by atoms with Gasteiger partial charge in [0.1, 0.15) is 0 Å². The van der Waals surface area contributed by atoms with Crippen LogP contribution < -0.4 is 5.32 Å². The number of aromatic nitrogens is 1. The smallest absolute Gasteiger partial charge is 0.291 e. The minimum absolute atomic E-state index is 0.0594. The summed E-state index contributed by atoms with van der Waals surface area (Å²) in [6.07, 6.45) is 1.32. The van der Waals surface area contributed by atoms with Gasteiger partial charge in [-0.15, -0.1) is 0 Å². The molecule has 2 heterocycles. The van der Waals surface area contributed by atoms with Crippen LogP contribution in [0.25, 0.3) is 0 Å². The van der Waals surface area contributed by atoms with Crippen molar-refractivity contribution in [3.63, 3.8) is 0 Å². The molecular formula is C11H17N3O2. The molecule has 88 valence electrons. The number of hydrogen-bond acceptors (Lipinski definition) is 4. The lowest BCUT2D eigenvalue weighted by Gasteiger charge is -2.37. The van der Waals surface area contributed by atoms with Crippen LogP contribution >= 0.6 is 0 Å². The van der Waals surface area contributed by atoms with Crippen LogP contribution in [0.2, 0.25) is 0 Å². The minimum Gasteiger partial charge on any atom is -0.438 e. The summed E-state index contributed by atoms with van der Waals surface area (Å²) in [5, 5.41) is 3.34. The average molecular weight is 223 g/mol. The summed E-state index contributed by atoms with van der Waals surface area (Å²) in [6, 6.07) is 0.511. The number of rotatable bonds is 1. The van der Waals surface area contributed by atoms with E-state index < -0.39 is 0 Å². The molecule has 1 fully saturated rings.